The van der Waals surface area contributed by atoms with Crippen molar-refractivity contribution in [2.75, 3.05) is 31.2 Å². The monoisotopic (exact) mass is 658 g/mol. The van der Waals surface area contributed by atoms with Crippen LogP contribution in [0.2, 0.25) is 5.02 Å². The van der Waals surface area contributed by atoms with E-state index in [1.54, 1.807) is 29.2 Å². The molecule has 0 spiro atoms. The van der Waals surface area contributed by atoms with Gasteiger partial charge in [-0.25, -0.2) is 23.1 Å². The Labute approximate surface area is 272 Å². The second-order valence-corrected chi connectivity index (χ2v) is 11.1. The number of aryl methyl sites for hydroxylation is 1. The van der Waals surface area contributed by atoms with Crippen molar-refractivity contribution in [3.05, 3.63) is 89.1 Å². The summed E-state index contributed by atoms with van der Waals surface area (Å²) in [6.07, 6.45) is 4.75. The van der Waals surface area contributed by atoms with E-state index < -0.39 is 30.3 Å². The van der Waals surface area contributed by atoms with Gasteiger partial charge in [-0.05, 0) is 24.5 Å². The molecule has 10 nitrogen and oxygen atoms in total. The topological polar surface area (TPSA) is 121 Å². The third kappa shape index (κ3) is 6.37. The Hall–Kier alpha value is -5.35. The number of ether oxygens (including phenoxy) is 1. The van der Waals surface area contributed by atoms with E-state index in [0.29, 0.717) is 16.0 Å². The number of rotatable bonds is 8. The Morgan fingerprint density at radius 2 is 1.94 bits per heavy atom. The van der Waals surface area contributed by atoms with E-state index in [4.69, 9.17) is 16.3 Å². The summed E-state index contributed by atoms with van der Waals surface area (Å²) in [6, 6.07) is 12.1. The SMILES string of the molecule is Cc1nc(COc2nc(N3CCN(C(=O)/C=C/CF)[C@@H](CC#N)C3)c3cnc(-c4cccc5cccc(Cl)c45)c(F)c3n2)ncc1F. The zero-order chi connectivity index (χ0) is 33.1. The van der Waals surface area contributed by atoms with Crippen LogP contribution in [0, 0.1) is 29.9 Å². The van der Waals surface area contributed by atoms with Crippen LogP contribution in [0.3, 0.4) is 0 Å². The first-order chi connectivity index (χ1) is 22.8. The lowest BCUT2D eigenvalue weighted by Gasteiger charge is -2.41. The quantitative estimate of drug-likeness (QED) is 0.187. The van der Waals surface area contributed by atoms with Crippen LogP contribution in [-0.2, 0) is 11.4 Å². The number of carbonyl (C=O) groups is 1. The summed E-state index contributed by atoms with van der Waals surface area (Å²) >= 11 is 6.54. The van der Waals surface area contributed by atoms with E-state index in [9.17, 15) is 18.8 Å². The second kappa shape index (κ2) is 13.6. The number of benzene rings is 2. The molecule has 14 heteroatoms. The third-order valence-corrected chi connectivity index (χ3v) is 8.11. The Balaban J connectivity index is 1.45. The van der Waals surface area contributed by atoms with Crippen molar-refractivity contribution in [2.24, 2.45) is 0 Å². The summed E-state index contributed by atoms with van der Waals surface area (Å²) in [5.74, 6) is -1.29. The molecule has 4 heterocycles. The lowest BCUT2D eigenvalue weighted by atomic mass is 10.0. The summed E-state index contributed by atoms with van der Waals surface area (Å²) in [5, 5.41) is 11.6. The van der Waals surface area contributed by atoms with Crippen molar-refractivity contribution in [1.82, 2.24) is 29.8 Å². The van der Waals surface area contributed by atoms with E-state index in [2.05, 4.69) is 31.0 Å². The van der Waals surface area contributed by atoms with Crippen LogP contribution >= 0.6 is 11.6 Å². The molecule has 0 N–H and O–H groups in total. The zero-order valence-electron chi connectivity index (χ0n) is 25.0. The number of anilines is 1. The van der Waals surface area contributed by atoms with Gasteiger partial charge in [0.1, 0.15) is 23.7 Å². The number of carbonyl (C=O) groups excluding carboxylic acids is 1. The summed E-state index contributed by atoms with van der Waals surface area (Å²) in [5.41, 5.74) is 0.526. The maximum atomic E-state index is 16.6. The molecule has 2 aromatic carbocycles. The number of piperazine rings is 1. The van der Waals surface area contributed by atoms with Crippen LogP contribution in [0.25, 0.3) is 32.9 Å². The lowest BCUT2D eigenvalue weighted by molar-refractivity contribution is -0.128. The standard InChI is InChI=1S/C33H26ClF3N8O2/c1-19-25(36)16-39-26(41-19)18-47-33-42-31-23(15-40-30(29(31)37)22-7-2-5-20-6-3-8-24(34)28(20)22)32(43-33)44-13-14-45(21(17-44)10-12-38)27(46)9-4-11-35/h2-9,15-16,21H,10-11,13-14,17-18H2,1H3/b9-4+/t21-/m0/s1. The number of hydrogen-bond acceptors (Lipinski definition) is 9. The highest BCUT2D eigenvalue weighted by Gasteiger charge is 2.32. The maximum absolute atomic E-state index is 16.6. The van der Waals surface area contributed by atoms with Crippen molar-refractivity contribution >= 4 is 45.0 Å². The smallest absolute Gasteiger partial charge is 0.319 e. The van der Waals surface area contributed by atoms with Crippen LogP contribution in [0.15, 0.2) is 60.9 Å². The van der Waals surface area contributed by atoms with Crippen LogP contribution < -0.4 is 9.64 Å². The van der Waals surface area contributed by atoms with E-state index in [1.165, 1.54) is 18.0 Å². The number of allylic oxidation sites excluding steroid dienone is 1. The number of fused-ring (bicyclic) bond motifs is 2. The van der Waals surface area contributed by atoms with Crippen LogP contribution in [0.1, 0.15) is 17.9 Å². The van der Waals surface area contributed by atoms with Crippen LogP contribution in [0.5, 0.6) is 6.01 Å². The molecule has 0 bridgehead atoms. The fourth-order valence-electron chi connectivity index (χ4n) is 5.57. The second-order valence-electron chi connectivity index (χ2n) is 10.7. The summed E-state index contributed by atoms with van der Waals surface area (Å²) in [6.45, 7) is 1.07. The van der Waals surface area contributed by atoms with Gasteiger partial charge in [-0.15, -0.1) is 0 Å². The fourth-order valence-corrected chi connectivity index (χ4v) is 5.85. The molecule has 1 fully saturated rings. The van der Waals surface area contributed by atoms with Gasteiger partial charge in [0.05, 0.1) is 35.8 Å². The molecule has 1 atom stereocenters. The predicted molar refractivity (Wildman–Crippen MR) is 169 cm³/mol. The average molecular weight is 659 g/mol. The average Bonchev–Trinajstić information content (AvgIpc) is 3.08. The van der Waals surface area contributed by atoms with E-state index in [0.717, 1.165) is 23.7 Å². The predicted octanol–water partition coefficient (Wildman–Crippen LogP) is 5.91. The maximum Gasteiger partial charge on any atom is 0.319 e. The largest absolute Gasteiger partial charge is 0.455 e. The minimum Gasteiger partial charge on any atom is -0.455 e. The van der Waals surface area contributed by atoms with E-state index in [-0.39, 0.29) is 72.6 Å². The summed E-state index contributed by atoms with van der Waals surface area (Å²) in [7, 11) is 0. The molecule has 3 aromatic heterocycles. The van der Waals surface area contributed by atoms with Crippen molar-refractivity contribution < 1.29 is 22.7 Å². The van der Waals surface area contributed by atoms with Gasteiger partial charge in [0.15, 0.2) is 24.1 Å². The Bertz CT molecular complexity index is 2070. The molecule has 1 aliphatic rings. The van der Waals surface area contributed by atoms with Gasteiger partial charge in [0.2, 0.25) is 5.91 Å². The molecular formula is C33H26ClF3N8O2. The first-order valence-corrected chi connectivity index (χ1v) is 15.0. The molecule has 0 unspecified atom stereocenters. The Morgan fingerprint density at radius 1 is 1.13 bits per heavy atom. The van der Waals surface area contributed by atoms with Gasteiger partial charge >= 0.3 is 6.01 Å². The lowest BCUT2D eigenvalue weighted by Crippen LogP contribution is -2.55. The highest BCUT2D eigenvalue weighted by molar-refractivity contribution is 6.36. The normalized spacial score (nSPS) is 15.0. The van der Waals surface area contributed by atoms with Gasteiger partial charge in [-0.3, -0.25) is 9.78 Å². The number of nitrogens with zero attached hydrogens (tertiary/aromatic N) is 8. The minimum atomic E-state index is -0.793. The van der Waals surface area contributed by atoms with Crippen molar-refractivity contribution in [3.63, 3.8) is 0 Å². The summed E-state index contributed by atoms with van der Waals surface area (Å²) in [4.78, 5) is 37.6. The number of halogens is 4. The van der Waals surface area contributed by atoms with Crippen LogP contribution in [0.4, 0.5) is 19.0 Å². The van der Waals surface area contributed by atoms with Crippen molar-refractivity contribution in [1.29, 1.82) is 5.26 Å². The van der Waals surface area contributed by atoms with E-state index in [1.807, 2.05) is 12.1 Å². The molecular weight excluding hydrogens is 633 g/mol. The first kappa shape index (κ1) is 31.6. The number of hydrogen-bond donors (Lipinski definition) is 0. The molecule has 6 rings (SSSR count). The molecule has 0 radical (unpaired) electrons. The van der Waals surface area contributed by atoms with E-state index >= 15 is 4.39 Å². The highest BCUT2D eigenvalue weighted by Crippen LogP contribution is 2.37. The molecule has 1 aliphatic heterocycles. The van der Waals surface area contributed by atoms with Gasteiger partial charge < -0.3 is 14.5 Å². The minimum absolute atomic E-state index is 0.00205. The molecule has 47 heavy (non-hydrogen) atoms. The van der Waals surface area contributed by atoms with Crippen molar-refractivity contribution in [2.45, 2.75) is 26.0 Å². The molecule has 0 saturated carbocycles. The zero-order valence-corrected chi connectivity index (χ0v) is 25.8. The molecule has 238 valence electrons. The highest BCUT2D eigenvalue weighted by atomic mass is 35.5. The molecule has 5 aromatic rings. The first-order valence-electron chi connectivity index (χ1n) is 14.6. The molecule has 1 saturated heterocycles. The number of aromatic nitrogens is 5. The molecule has 0 aliphatic carbocycles. The number of pyridine rings is 1. The van der Waals surface area contributed by atoms with Gasteiger partial charge in [-0.1, -0.05) is 41.9 Å². The fraction of sp³-hybridized carbons (Fsp3) is 0.242. The number of alkyl halides is 1. The molecule has 1 amide bonds. The summed E-state index contributed by atoms with van der Waals surface area (Å²) < 4.78 is 48.9. The van der Waals surface area contributed by atoms with Gasteiger partial charge in [-0.2, -0.15) is 15.2 Å². The van der Waals surface area contributed by atoms with Crippen LogP contribution in [-0.4, -0.2) is 68.1 Å². The Kier molecular flexibility index (Phi) is 9.12. The number of amides is 1. The third-order valence-electron chi connectivity index (χ3n) is 7.79. The van der Waals surface area contributed by atoms with Gasteiger partial charge in [0, 0.05) is 47.9 Å². The Morgan fingerprint density at radius 3 is 2.70 bits per heavy atom. The van der Waals surface area contributed by atoms with Crippen molar-refractivity contribution in [3.8, 4) is 23.3 Å². The number of nitriles is 1. The van der Waals surface area contributed by atoms with Gasteiger partial charge in [0.25, 0.3) is 0 Å².